The molecular weight excluding hydrogens is 229 g/mol. The summed E-state index contributed by atoms with van der Waals surface area (Å²) in [6.45, 7) is 0. The van der Waals surface area contributed by atoms with Gasteiger partial charge in [-0.1, -0.05) is 53.5 Å². The highest BCUT2D eigenvalue weighted by Gasteiger charge is 1.89. The Morgan fingerprint density at radius 2 is 1.07 bits per heavy atom. The highest BCUT2D eigenvalue weighted by Crippen LogP contribution is 2.19. The summed E-state index contributed by atoms with van der Waals surface area (Å²) in [5.74, 6) is 0. The Labute approximate surface area is 99.4 Å². The maximum Gasteiger partial charge on any atom is 0.0592 e. The Morgan fingerprint density at radius 1 is 0.667 bits per heavy atom. The van der Waals surface area contributed by atoms with Gasteiger partial charge in [0.2, 0.25) is 0 Å². The summed E-state index contributed by atoms with van der Waals surface area (Å²) >= 11 is 11.2. The number of halogens is 2. The van der Waals surface area contributed by atoms with Crippen molar-refractivity contribution >= 4 is 28.9 Å². The van der Waals surface area contributed by atoms with Crippen LogP contribution >= 0.6 is 23.2 Å². The Morgan fingerprint density at radius 3 is 1.33 bits per heavy atom. The van der Waals surface area contributed by atoms with Crippen LogP contribution in [0.1, 0.15) is 0 Å². The Kier molecular flexibility index (Phi) is 5.02. The van der Waals surface area contributed by atoms with Gasteiger partial charge in [0.25, 0.3) is 0 Å². The Bertz CT molecular complexity index is 380. The van der Waals surface area contributed by atoms with Gasteiger partial charge in [0.1, 0.15) is 0 Å². The maximum atomic E-state index is 5.58. The number of nitrogen functional groups attached to an aromatic ring is 1. The molecule has 2 aromatic rings. The lowest BCUT2D eigenvalue weighted by Gasteiger charge is -1.88. The Hall–Kier alpha value is -1.18. The molecule has 0 saturated heterocycles. The Balaban J connectivity index is 0.000000151. The zero-order valence-electron chi connectivity index (χ0n) is 8.03. The van der Waals surface area contributed by atoms with Gasteiger partial charge in [-0.15, -0.1) is 0 Å². The van der Waals surface area contributed by atoms with E-state index in [0.29, 0.717) is 10.0 Å². The summed E-state index contributed by atoms with van der Waals surface area (Å²) in [4.78, 5) is 0. The molecule has 1 nitrogen and oxygen atoms in total. The van der Waals surface area contributed by atoms with Crippen LogP contribution in [0.25, 0.3) is 0 Å². The first kappa shape index (κ1) is 11.9. The summed E-state index contributed by atoms with van der Waals surface area (Å²) in [5, 5.41) is 1.21. The lowest BCUT2D eigenvalue weighted by atomic mass is 10.3. The maximum absolute atomic E-state index is 5.58. The fourth-order valence-corrected chi connectivity index (χ4v) is 1.16. The molecule has 2 rings (SSSR count). The summed E-state index contributed by atoms with van der Waals surface area (Å²) < 4.78 is 0. The normalized spacial score (nSPS) is 8.93. The van der Waals surface area contributed by atoms with Crippen LogP contribution in [-0.2, 0) is 0 Å². The molecule has 0 unspecified atom stereocenters. The molecule has 15 heavy (non-hydrogen) atoms. The SMILES string of the molecule is Clc1ccccc1Cl.Nc1ccccc1. The molecule has 0 aliphatic carbocycles. The number of hydrogen-bond acceptors (Lipinski definition) is 1. The second-order valence-corrected chi connectivity index (χ2v) is 3.64. The lowest BCUT2D eigenvalue weighted by Crippen LogP contribution is -1.79. The van der Waals surface area contributed by atoms with Crippen molar-refractivity contribution in [1.29, 1.82) is 0 Å². The quantitative estimate of drug-likeness (QED) is 0.684. The fraction of sp³-hybridized carbons (Fsp3) is 0. The van der Waals surface area contributed by atoms with Crippen molar-refractivity contribution in [3.8, 4) is 0 Å². The molecule has 2 N–H and O–H groups in total. The van der Waals surface area contributed by atoms with E-state index in [-0.39, 0.29) is 0 Å². The molecule has 0 aliphatic rings. The number of benzene rings is 2. The second kappa shape index (κ2) is 6.33. The molecule has 0 aromatic heterocycles. The van der Waals surface area contributed by atoms with Crippen LogP contribution in [0, 0.1) is 0 Å². The number of para-hydroxylation sites is 1. The van der Waals surface area contributed by atoms with Crippen LogP contribution < -0.4 is 5.73 Å². The summed E-state index contributed by atoms with van der Waals surface area (Å²) in [6.07, 6.45) is 0. The largest absolute Gasteiger partial charge is 0.399 e. The summed E-state index contributed by atoms with van der Waals surface area (Å²) in [5.41, 5.74) is 6.18. The molecule has 0 spiro atoms. The van der Waals surface area contributed by atoms with Gasteiger partial charge in [0, 0.05) is 5.69 Å². The topological polar surface area (TPSA) is 26.0 Å². The van der Waals surface area contributed by atoms with Crippen molar-refractivity contribution in [2.45, 2.75) is 0 Å². The van der Waals surface area contributed by atoms with E-state index in [1.165, 1.54) is 0 Å². The third-order valence-corrected chi connectivity index (χ3v) is 2.38. The van der Waals surface area contributed by atoms with E-state index in [4.69, 9.17) is 28.9 Å². The summed E-state index contributed by atoms with van der Waals surface area (Å²) in [7, 11) is 0. The van der Waals surface area contributed by atoms with Crippen molar-refractivity contribution in [1.82, 2.24) is 0 Å². The van der Waals surface area contributed by atoms with E-state index in [0.717, 1.165) is 5.69 Å². The zero-order valence-corrected chi connectivity index (χ0v) is 9.54. The molecule has 0 saturated carbocycles. The molecule has 0 atom stereocenters. The first-order valence-corrected chi connectivity index (χ1v) is 5.16. The highest BCUT2D eigenvalue weighted by atomic mass is 35.5. The van der Waals surface area contributed by atoms with Gasteiger partial charge in [-0.05, 0) is 24.3 Å². The minimum absolute atomic E-state index is 0.606. The molecule has 0 fully saturated rings. The first-order valence-electron chi connectivity index (χ1n) is 4.40. The molecule has 0 bridgehead atoms. The van der Waals surface area contributed by atoms with Gasteiger partial charge < -0.3 is 5.73 Å². The number of nitrogens with two attached hydrogens (primary N) is 1. The summed E-state index contributed by atoms with van der Waals surface area (Å²) in [6, 6.07) is 16.7. The average Bonchev–Trinajstić information content (AvgIpc) is 2.25. The number of anilines is 1. The van der Waals surface area contributed by atoms with Gasteiger partial charge in [0.05, 0.1) is 10.0 Å². The van der Waals surface area contributed by atoms with Crippen molar-refractivity contribution < 1.29 is 0 Å². The van der Waals surface area contributed by atoms with Crippen molar-refractivity contribution in [2.24, 2.45) is 0 Å². The van der Waals surface area contributed by atoms with Gasteiger partial charge in [-0.25, -0.2) is 0 Å². The molecule has 78 valence electrons. The smallest absolute Gasteiger partial charge is 0.0592 e. The molecule has 0 amide bonds. The predicted octanol–water partition coefficient (Wildman–Crippen LogP) is 4.26. The van der Waals surface area contributed by atoms with E-state index in [1.54, 1.807) is 12.1 Å². The van der Waals surface area contributed by atoms with Crippen LogP contribution in [0.2, 0.25) is 10.0 Å². The fourth-order valence-electron chi connectivity index (χ4n) is 0.892. The van der Waals surface area contributed by atoms with Crippen LogP contribution in [0.3, 0.4) is 0 Å². The molecule has 0 radical (unpaired) electrons. The van der Waals surface area contributed by atoms with Crippen LogP contribution in [-0.4, -0.2) is 0 Å². The minimum atomic E-state index is 0.606. The number of hydrogen-bond donors (Lipinski definition) is 1. The molecule has 0 aliphatic heterocycles. The van der Waals surface area contributed by atoms with E-state index in [9.17, 15) is 0 Å². The van der Waals surface area contributed by atoms with E-state index < -0.39 is 0 Å². The van der Waals surface area contributed by atoms with E-state index in [1.807, 2.05) is 42.5 Å². The van der Waals surface area contributed by atoms with E-state index >= 15 is 0 Å². The van der Waals surface area contributed by atoms with Gasteiger partial charge >= 0.3 is 0 Å². The van der Waals surface area contributed by atoms with Crippen LogP contribution in [0.4, 0.5) is 5.69 Å². The van der Waals surface area contributed by atoms with Crippen LogP contribution in [0.15, 0.2) is 54.6 Å². The zero-order chi connectivity index (χ0) is 11.1. The van der Waals surface area contributed by atoms with Gasteiger partial charge in [-0.2, -0.15) is 0 Å². The first-order chi connectivity index (χ1) is 7.20. The predicted molar refractivity (Wildman–Crippen MR) is 67.3 cm³/mol. The van der Waals surface area contributed by atoms with Crippen LogP contribution in [0.5, 0.6) is 0 Å². The second-order valence-electron chi connectivity index (χ2n) is 2.82. The average molecular weight is 240 g/mol. The van der Waals surface area contributed by atoms with E-state index in [2.05, 4.69) is 0 Å². The number of rotatable bonds is 0. The molecular formula is C12H11Cl2N. The minimum Gasteiger partial charge on any atom is -0.399 e. The monoisotopic (exact) mass is 239 g/mol. The van der Waals surface area contributed by atoms with Crippen molar-refractivity contribution in [3.63, 3.8) is 0 Å². The third-order valence-electron chi connectivity index (χ3n) is 1.62. The van der Waals surface area contributed by atoms with Gasteiger partial charge in [0.15, 0.2) is 0 Å². The highest BCUT2D eigenvalue weighted by molar-refractivity contribution is 6.41. The van der Waals surface area contributed by atoms with Gasteiger partial charge in [-0.3, -0.25) is 0 Å². The molecule has 3 heteroatoms. The molecule has 2 aromatic carbocycles. The van der Waals surface area contributed by atoms with Crippen molar-refractivity contribution in [3.05, 3.63) is 64.6 Å². The standard InChI is InChI=1S/C6H4Cl2.C6H7N/c7-5-3-1-2-4-6(5)8;7-6-4-2-1-3-5-6/h1-4H;1-5H,7H2. The van der Waals surface area contributed by atoms with Crippen molar-refractivity contribution in [2.75, 3.05) is 5.73 Å². The lowest BCUT2D eigenvalue weighted by molar-refractivity contribution is 1.69. The third kappa shape index (κ3) is 4.73. The molecule has 0 heterocycles.